The van der Waals surface area contributed by atoms with Gasteiger partial charge in [0.1, 0.15) is 17.0 Å². The van der Waals surface area contributed by atoms with E-state index in [2.05, 4.69) is 27.2 Å². The minimum absolute atomic E-state index is 0.0714. The number of amides is 1. The second-order valence-electron chi connectivity index (χ2n) is 6.62. The summed E-state index contributed by atoms with van der Waals surface area (Å²) in [5, 5.41) is 19.0. The van der Waals surface area contributed by atoms with Gasteiger partial charge in [-0.2, -0.15) is 0 Å². The van der Waals surface area contributed by atoms with Crippen molar-refractivity contribution < 1.29 is 9.90 Å². The van der Waals surface area contributed by atoms with Gasteiger partial charge in [-0.05, 0) is 29.3 Å². The molecular formula is C23H20N4O2S. The smallest absolute Gasteiger partial charge is 0.247 e. The number of rotatable bonds is 7. The number of fused-ring (bicyclic) bond motifs is 1. The van der Waals surface area contributed by atoms with Crippen molar-refractivity contribution in [3.8, 4) is 11.1 Å². The van der Waals surface area contributed by atoms with Crippen molar-refractivity contribution in [2.75, 3.05) is 17.2 Å². The maximum absolute atomic E-state index is 11.7. The zero-order valence-electron chi connectivity index (χ0n) is 16.1. The molecule has 0 saturated carbocycles. The summed E-state index contributed by atoms with van der Waals surface area (Å²) in [6.07, 6.45) is 2.76. The van der Waals surface area contributed by atoms with Crippen LogP contribution < -0.4 is 10.6 Å². The van der Waals surface area contributed by atoms with Gasteiger partial charge in [-0.1, -0.05) is 49.0 Å². The van der Waals surface area contributed by atoms with Gasteiger partial charge >= 0.3 is 0 Å². The highest BCUT2D eigenvalue weighted by atomic mass is 32.1. The summed E-state index contributed by atoms with van der Waals surface area (Å²) in [5.74, 6) is 0.390. The lowest BCUT2D eigenvalue weighted by Gasteiger charge is -2.18. The molecule has 2 aromatic carbocycles. The number of nitrogens with zero attached hydrogens (tertiary/aromatic N) is 2. The van der Waals surface area contributed by atoms with Crippen LogP contribution in [0.1, 0.15) is 11.6 Å². The molecule has 0 aliphatic carbocycles. The summed E-state index contributed by atoms with van der Waals surface area (Å²) in [4.78, 5) is 21.3. The molecule has 0 saturated heterocycles. The summed E-state index contributed by atoms with van der Waals surface area (Å²) < 4.78 is 0. The van der Waals surface area contributed by atoms with Crippen LogP contribution in [0.5, 0.6) is 0 Å². The normalized spacial score (nSPS) is 11.8. The van der Waals surface area contributed by atoms with Crippen LogP contribution in [0, 0.1) is 0 Å². The predicted molar refractivity (Wildman–Crippen MR) is 122 cm³/mol. The lowest BCUT2D eigenvalue weighted by molar-refractivity contribution is -0.111. The molecule has 0 radical (unpaired) electrons. The number of hydrogen-bond donors (Lipinski definition) is 3. The zero-order chi connectivity index (χ0) is 20.9. The second-order valence-corrected chi connectivity index (χ2v) is 7.47. The lowest BCUT2D eigenvalue weighted by atomic mass is 10.0. The lowest BCUT2D eigenvalue weighted by Crippen LogP contribution is -2.15. The fraction of sp³-hybridized carbons (Fsp3) is 0.0870. The van der Waals surface area contributed by atoms with Crippen molar-refractivity contribution in [1.82, 2.24) is 9.97 Å². The molecule has 1 atom stereocenters. The van der Waals surface area contributed by atoms with Crippen molar-refractivity contribution in [3.63, 3.8) is 0 Å². The maximum Gasteiger partial charge on any atom is 0.247 e. The quantitative estimate of drug-likeness (QED) is 0.383. The molecule has 6 nitrogen and oxygen atoms in total. The van der Waals surface area contributed by atoms with E-state index < -0.39 is 0 Å². The summed E-state index contributed by atoms with van der Waals surface area (Å²) in [6.45, 7) is 3.42. The van der Waals surface area contributed by atoms with E-state index in [1.807, 2.05) is 60.0 Å². The van der Waals surface area contributed by atoms with Gasteiger partial charge in [-0.3, -0.25) is 4.79 Å². The molecule has 3 N–H and O–H groups in total. The Labute approximate surface area is 177 Å². The van der Waals surface area contributed by atoms with E-state index in [-0.39, 0.29) is 18.6 Å². The van der Waals surface area contributed by atoms with Gasteiger partial charge in [0.05, 0.1) is 18.0 Å². The van der Waals surface area contributed by atoms with E-state index in [1.165, 1.54) is 23.7 Å². The van der Waals surface area contributed by atoms with E-state index in [0.717, 1.165) is 26.9 Å². The molecule has 150 valence electrons. The number of thiophene rings is 1. The molecule has 0 aliphatic heterocycles. The van der Waals surface area contributed by atoms with E-state index in [0.29, 0.717) is 11.5 Å². The molecular weight excluding hydrogens is 396 g/mol. The molecule has 0 spiro atoms. The van der Waals surface area contributed by atoms with Gasteiger partial charge in [0.25, 0.3) is 0 Å². The highest BCUT2D eigenvalue weighted by Gasteiger charge is 2.17. The second kappa shape index (κ2) is 8.86. The summed E-state index contributed by atoms with van der Waals surface area (Å²) in [5.41, 5.74) is 3.54. The first-order valence-electron chi connectivity index (χ1n) is 9.38. The number of aliphatic hydroxyl groups excluding tert-OH is 1. The molecule has 1 amide bonds. The SMILES string of the molecule is C=CC(=O)Nc1cccc(-c2csc3ncnc(NC(CO)c4ccccc4)c23)c1. The van der Waals surface area contributed by atoms with Crippen molar-refractivity contribution >= 4 is 39.0 Å². The number of anilines is 2. The van der Waals surface area contributed by atoms with E-state index >= 15 is 0 Å². The molecule has 4 rings (SSSR count). The highest BCUT2D eigenvalue weighted by Crippen LogP contribution is 2.38. The topological polar surface area (TPSA) is 87.1 Å². The monoisotopic (exact) mass is 416 g/mol. The zero-order valence-corrected chi connectivity index (χ0v) is 16.9. The van der Waals surface area contributed by atoms with Gasteiger partial charge in [0.15, 0.2) is 0 Å². The molecule has 2 aromatic heterocycles. The number of hydrogen-bond acceptors (Lipinski definition) is 6. The van der Waals surface area contributed by atoms with Gasteiger partial charge < -0.3 is 15.7 Å². The fourth-order valence-corrected chi connectivity index (χ4v) is 4.16. The molecule has 1 unspecified atom stereocenters. The Morgan fingerprint density at radius 1 is 1.17 bits per heavy atom. The molecule has 0 fully saturated rings. The van der Waals surface area contributed by atoms with Crippen LogP contribution in [-0.4, -0.2) is 27.6 Å². The van der Waals surface area contributed by atoms with Crippen molar-refractivity contribution in [3.05, 3.63) is 84.5 Å². The van der Waals surface area contributed by atoms with Gasteiger partial charge in [0.2, 0.25) is 5.91 Å². The third kappa shape index (κ3) is 4.07. The number of aromatic nitrogens is 2. The number of benzene rings is 2. The van der Waals surface area contributed by atoms with E-state index in [9.17, 15) is 9.90 Å². The summed E-state index contributed by atoms with van der Waals surface area (Å²) >= 11 is 1.52. The Morgan fingerprint density at radius 2 is 2.00 bits per heavy atom. The van der Waals surface area contributed by atoms with Crippen LogP contribution in [0.25, 0.3) is 21.3 Å². The molecule has 0 aliphatic rings. The third-order valence-electron chi connectivity index (χ3n) is 4.69. The first-order chi connectivity index (χ1) is 14.7. The number of aliphatic hydroxyl groups is 1. The van der Waals surface area contributed by atoms with Crippen molar-refractivity contribution in [2.24, 2.45) is 0 Å². The van der Waals surface area contributed by atoms with Crippen LogP contribution in [0.15, 0.2) is 79.0 Å². The highest BCUT2D eigenvalue weighted by molar-refractivity contribution is 7.17. The molecule has 4 aromatic rings. The minimum atomic E-state index is -0.296. The Morgan fingerprint density at radius 3 is 2.77 bits per heavy atom. The van der Waals surface area contributed by atoms with Crippen LogP contribution in [0.3, 0.4) is 0 Å². The van der Waals surface area contributed by atoms with Crippen molar-refractivity contribution in [1.29, 1.82) is 0 Å². The average Bonchev–Trinajstić information content (AvgIpc) is 3.23. The van der Waals surface area contributed by atoms with Crippen LogP contribution in [-0.2, 0) is 4.79 Å². The van der Waals surface area contributed by atoms with E-state index in [4.69, 9.17) is 0 Å². The standard InChI is InChI=1S/C23H20N4O2S/c1-2-20(29)26-17-10-6-9-16(11-17)18-13-30-23-21(18)22(24-14-25-23)27-19(12-28)15-7-4-3-5-8-15/h2-11,13-14,19,28H,1,12H2,(H,26,29)(H,24,25,27). The first-order valence-corrected chi connectivity index (χ1v) is 10.3. The fourth-order valence-electron chi connectivity index (χ4n) is 3.24. The summed E-state index contributed by atoms with van der Waals surface area (Å²) in [6, 6.07) is 17.0. The van der Waals surface area contributed by atoms with Crippen LogP contribution >= 0.6 is 11.3 Å². The molecule has 2 heterocycles. The Kier molecular flexibility index (Phi) is 5.83. The van der Waals surface area contributed by atoms with Crippen LogP contribution in [0.4, 0.5) is 11.5 Å². The molecule has 7 heteroatoms. The molecule has 30 heavy (non-hydrogen) atoms. The Bertz CT molecular complexity index is 1190. The number of carbonyl (C=O) groups excluding carboxylic acids is 1. The van der Waals surface area contributed by atoms with Gasteiger partial charge in [0, 0.05) is 16.6 Å². The third-order valence-corrected chi connectivity index (χ3v) is 5.58. The van der Waals surface area contributed by atoms with Gasteiger partial charge in [-0.15, -0.1) is 11.3 Å². The predicted octanol–water partition coefficient (Wildman–Crippen LogP) is 4.63. The maximum atomic E-state index is 11.7. The minimum Gasteiger partial charge on any atom is -0.394 e. The first kappa shape index (κ1) is 19.8. The largest absolute Gasteiger partial charge is 0.394 e. The average molecular weight is 417 g/mol. The Hall–Kier alpha value is -3.55. The van der Waals surface area contributed by atoms with Crippen molar-refractivity contribution in [2.45, 2.75) is 6.04 Å². The van der Waals surface area contributed by atoms with E-state index in [1.54, 1.807) is 0 Å². The summed E-state index contributed by atoms with van der Waals surface area (Å²) in [7, 11) is 0. The number of carbonyl (C=O) groups is 1. The van der Waals surface area contributed by atoms with Gasteiger partial charge in [-0.25, -0.2) is 9.97 Å². The number of nitrogens with one attached hydrogen (secondary N) is 2. The van der Waals surface area contributed by atoms with Crippen LogP contribution in [0.2, 0.25) is 0 Å². The Balaban J connectivity index is 1.74. The molecule has 0 bridgehead atoms.